The van der Waals surface area contributed by atoms with Gasteiger partial charge in [-0.2, -0.15) is 0 Å². The molecule has 3 nitrogen and oxygen atoms in total. The number of hydrogen-bond acceptors (Lipinski definition) is 3. The number of nitrogens with two attached hydrogens (primary N) is 1. The predicted octanol–water partition coefficient (Wildman–Crippen LogP) is 2.16. The number of thiocarbonyl (C=S) groups is 1. The molecular formula is C16H25N3S. The van der Waals surface area contributed by atoms with Crippen LogP contribution in [0, 0.1) is 6.92 Å². The molecule has 0 amide bonds. The van der Waals surface area contributed by atoms with Crippen LogP contribution in [0.3, 0.4) is 0 Å². The van der Waals surface area contributed by atoms with Gasteiger partial charge in [0.2, 0.25) is 0 Å². The Kier molecular flexibility index (Phi) is 5.13. The molecule has 0 aliphatic carbocycles. The number of rotatable bonds is 4. The Morgan fingerprint density at radius 1 is 1.40 bits per heavy atom. The van der Waals surface area contributed by atoms with Crippen molar-refractivity contribution < 1.29 is 0 Å². The van der Waals surface area contributed by atoms with E-state index in [1.165, 1.54) is 17.5 Å². The summed E-state index contributed by atoms with van der Waals surface area (Å²) in [5.41, 5.74) is 9.31. The quantitative estimate of drug-likeness (QED) is 0.862. The van der Waals surface area contributed by atoms with E-state index < -0.39 is 0 Å². The topological polar surface area (TPSA) is 32.5 Å². The van der Waals surface area contributed by atoms with E-state index in [1.54, 1.807) is 0 Å². The molecule has 2 rings (SSSR count). The van der Waals surface area contributed by atoms with Crippen LogP contribution in [0.15, 0.2) is 18.2 Å². The van der Waals surface area contributed by atoms with Crippen LogP contribution in [-0.2, 0) is 6.54 Å². The van der Waals surface area contributed by atoms with E-state index in [0.29, 0.717) is 11.0 Å². The molecule has 0 aromatic heterocycles. The van der Waals surface area contributed by atoms with Crippen LogP contribution in [0.4, 0.5) is 0 Å². The molecule has 1 aromatic carbocycles. The highest BCUT2D eigenvalue weighted by Gasteiger charge is 2.22. The van der Waals surface area contributed by atoms with Crippen molar-refractivity contribution in [3.8, 4) is 0 Å². The Labute approximate surface area is 127 Å². The Bertz CT molecular complexity index is 487. The molecule has 0 radical (unpaired) electrons. The molecular weight excluding hydrogens is 266 g/mol. The molecule has 2 N–H and O–H groups in total. The molecule has 0 spiro atoms. The second-order valence-electron chi connectivity index (χ2n) is 5.78. The van der Waals surface area contributed by atoms with Crippen molar-refractivity contribution in [3.63, 3.8) is 0 Å². The highest BCUT2D eigenvalue weighted by Crippen LogP contribution is 2.17. The average Bonchev–Trinajstić information content (AvgIpc) is 2.42. The van der Waals surface area contributed by atoms with Gasteiger partial charge >= 0.3 is 0 Å². The summed E-state index contributed by atoms with van der Waals surface area (Å²) in [6.45, 7) is 8.89. The second-order valence-corrected chi connectivity index (χ2v) is 6.22. The normalized spacial score (nSPS) is 21.1. The third kappa shape index (κ3) is 3.57. The summed E-state index contributed by atoms with van der Waals surface area (Å²) in [5, 5.41) is 0. The van der Waals surface area contributed by atoms with Crippen LogP contribution in [0.5, 0.6) is 0 Å². The van der Waals surface area contributed by atoms with E-state index in [1.807, 2.05) is 6.07 Å². The van der Waals surface area contributed by atoms with Crippen molar-refractivity contribution in [2.45, 2.75) is 32.9 Å². The molecule has 0 saturated carbocycles. The van der Waals surface area contributed by atoms with E-state index in [2.05, 4.69) is 42.8 Å². The van der Waals surface area contributed by atoms with Crippen molar-refractivity contribution >= 4 is 17.2 Å². The van der Waals surface area contributed by atoms with E-state index >= 15 is 0 Å². The minimum atomic E-state index is 0.477. The maximum absolute atomic E-state index is 5.68. The van der Waals surface area contributed by atoms with Gasteiger partial charge in [-0.25, -0.2) is 0 Å². The Hall–Kier alpha value is -0.970. The number of aryl methyl sites for hydroxylation is 1. The fourth-order valence-corrected chi connectivity index (χ4v) is 2.99. The first-order chi connectivity index (χ1) is 9.51. The Morgan fingerprint density at radius 2 is 2.15 bits per heavy atom. The molecule has 1 unspecified atom stereocenters. The second kappa shape index (κ2) is 6.66. The van der Waals surface area contributed by atoms with Crippen LogP contribution in [0.2, 0.25) is 0 Å². The lowest BCUT2D eigenvalue weighted by molar-refractivity contribution is 0.0882. The summed E-state index contributed by atoms with van der Waals surface area (Å²) >= 11 is 5.03. The number of hydrogen-bond donors (Lipinski definition) is 1. The molecule has 1 fully saturated rings. The first-order valence-corrected chi connectivity index (χ1v) is 7.74. The summed E-state index contributed by atoms with van der Waals surface area (Å²) in [6, 6.07) is 6.99. The van der Waals surface area contributed by atoms with E-state index in [4.69, 9.17) is 18.0 Å². The molecule has 110 valence electrons. The number of likely N-dealkylation sites (N-methyl/N-ethyl adjacent to an activating group) is 1. The Morgan fingerprint density at radius 3 is 2.75 bits per heavy atom. The van der Waals surface area contributed by atoms with Crippen molar-refractivity contribution in [2.24, 2.45) is 5.73 Å². The van der Waals surface area contributed by atoms with Crippen molar-refractivity contribution in [2.75, 3.05) is 26.7 Å². The zero-order valence-electron chi connectivity index (χ0n) is 12.7. The molecule has 20 heavy (non-hydrogen) atoms. The summed E-state index contributed by atoms with van der Waals surface area (Å²) in [5.74, 6) is 0. The maximum atomic E-state index is 5.68. The van der Waals surface area contributed by atoms with Crippen LogP contribution < -0.4 is 5.73 Å². The van der Waals surface area contributed by atoms with E-state index in [0.717, 1.165) is 31.7 Å². The van der Waals surface area contributed by atoms with E-state index in [9.17, 15) is 0 Å². The molecule has 0 bridgehead atoms. The monoisotopic (exact) mass is 291 g/mol. The van der Waals surface area contributed by atoms with Crippen molar-refractivity contribution in [1.29, 1.82) is 0 Å². The zero-order chi connectivity index (χ0) is 14.7. The molecule has 1 saturated heterocycles. The average molecular weight is 291 g/mol. The molecule has 4 heteroatoms. The van der Waals surface area contributed by atoms with Gasteiger partial charge in [-0.05, 0) is 37.6 Å². The van der Waals surface area contributed by atoms with Gasteiger partial charge in [0.25, 0.3) is 0 Å². The standard InChI is InChI=1S/C16H25N3S/c1-4-15-11-19(8-7-18(15)3)10-14-6-5-13(16(17)20)9-12(14)2/h5-6,9,15H,4,7-8,10-11H2,1-3H3,(H2,17,20). The molecule has 1 aromatic rings. The highest BCUT2D eigenvalue weighted by atomic mass is 32.1. The van der Waals surface area contributed by atoms with Crippen LogP contribution >= 0.6 is 12.2 Å². The third-order valence-electron chi connectivity index (χ3n) is 4.35. The third-order valence-corrected chi connectivity index (χ3v) is 4.59. The lowest BCUT2D eigenvalue weighted by Gasteiger charge is -2.39. The molecule has 1 aliphatic heterocycles. The summed E-state index contributed by atoms with van der Waals surface area (Å²) < 4.78 is 0. The van der Waals surface area contributed by atoms with Crippen LogP contribution in [-0.4, -0.2) is 47.5 Å². The lowest BCUT2D eigenvalue weighted by atomic mass is 10.0. The fourth-order valence-electron chi connectivity index (χ4n) is 2.86. The first-order valence-electron chi connectivity index (χ1n) is 7.33. The van der Waals surface area contributed by atoms with Gasteiger partial charge in [0, 0.05) is 37.8 Å². The Balaban J connectivity index is 2.05. The van der Waals surface area contributed by atoms with Gasteiger partial charge < -0.3 is 10.6 Å². The highest BCUT2D eigenvalue weighted by molar-refractivity contribution is 7.80. The zero-order valence-corrected chi connectivity index (χ0v) is 13.5. The number of benzene rings is 1. The van der Waals surface area contributed by atoms with Crippen LogP contribution in [0.25, 0.3) is 0 Å². The minimum absolute atomic E-state index is 0.477. The molecule has 1 aliphatic rings. The summed E-state index contributed by atoms with van der Waals surface area (Å²) in [7, 11) is 2.23. The summed E-state index contributed by atoms with van der Waals surface area (Å²) in [6.07, 6.45) is 1.21. The smallest absolute Gasteiger partial charge is 0.103 e. The predicted molar refractivity (Wildman–Crippen MR) is 89.1 cm³/mol. The van der Waals surface area contributed by atoms with Crippen molar-refractivity contribution in [3.05, 3.63) is 34.9 Å². The number of piperazine rings is 1. The lowest BCUT2D eigenvalue weighted by Crippen LogP contribution is -2.50. The van der Waals surface area contributed by atoms with Crippen molar-refractivity contribution in [1.82, 2.24) is 9.80 Å². The molecule has 1 atom stereocenters. The van der Waals surface area contributed by atoms with Gasteiger partial charge in [-0.15, -0.1) is 0 Å². The van der Waals surface area contributed by atoms with Gasteiger partial charge in [0.05, 0.1) is 0 Å². The van der Waals surface area contributed by atoms with Gasteiger partial charge in [0.1, 0.15) is 4.99 Å². The number of nitrogens with zero attached hydrogens (tertiary/aromatic N) is 2. The SMILES string of the molecule is CCC1CN(Cc2ccc(C(N)=S)cc2C)CCN1C. The van der Waals surface area contributed by atoms with Gasteiger partial charge in [-0.1, -0.05) is 31.3 Å². The minimum Gasteiger partial charge on any atom is -0.389 e. The maximum Gasteiger partial charge on any atom is 0.103 e. The largest absolute Gasteiger partial charge is 0.389 e. The fraction of sp³-hybridized carbons (Fsp3) is 0.562. The first kappa shape index (κ1) is 15.4. The van der Waals surface area contributed by atoms with E-state index in [-0.39, 0.29) is 0 Å². The summed E-state index contributed by atoms with van der Waals surface area (Å²) in [4.78, 5) is 5.50. The van der Waals surface area contributed by atoms with Gasteiger partial charge in [-0.3, -0.25) is 4.90 Å². The van der Waals surface area contributed by atoms with Crippen LogP contribution in [0.1, 0.15) is 30.0 Å². The van der Waals surface area contributed by atoms with Gasteiger partial charge in [0.15, 0.2) is 0 Å². The molecule has 1 heterocycles.